The Morgan fingerprint density at radius 1 is 1.45 bits per heavy atom. The van der Waals surface area contributed by atoms with E-state index in [1.165, 1.54) is 6.07 Å². The number of rotatable bonds is 4. The van der Waals surface area contributed by atoms with Crippen molar-refractivity contribution >= 4 is 5.91 Å². The van der Waals surface area contributed by atoms with E-state index in [1.54, 1.807) is 24.0 Å². The van der Waals surface area contributed by atoms with Crippen molar-refractivity contribution in [2.75, 3.05) is 26.3 Å². The fraction of sp³-hybridized carbons (Fsp3) is 0.533. The number of ether oxygens (including phenoxy) is 1. The first kappa shape index (κ1) is 14.9. The highest BCUT2D eigenvalue weighted by molar-refractivity contribution is 5.94. The molecule has 1 amide bonds. The van der Waals surface area contributed by atoms with Crippen LogP contribution in [0.5, 0.6) is 0 Å². The summed E-state index contributed by atoms with van der Waals surface area (Å²) in [7, 11) is 0. The third kappa shape index (κ3) is 3.55. The number of halogens is 1. The molecule has 110 valence electrons. The molecule has 0 saturated carbocycles. The summed E-state index contributed by atoms with van der Waals surface area (Å²) in [6, 6.07) is 4.58. The van der Waals surface area contributed by atoms with Crippen molar-refractivity contribution in [3.05, 3.63) is 35.1 Å². The number of hydrogen-bond acceptors (Lipinski definition) is 3. The van der Waals surface area contributed by atoms with E-state index < -0.39 is 0 Å². The van der Waals surface area contributed by atoms with Gasteiger partial charge in [0.05, 0.1) is 19.3 Å². The number of nitrogens with zero attached hydrogens (tertiary/aromatic N) is 1. The maximum atomic E-state index is 13.5. The molecule has 0 bridgehead atoms. The number of hydrogen-bond donors (Lipinski definition) is 1. The molecule has 0 aromatic heterocycles. The van der Waals surface area contributed by atoms with Gasteiger partial charge in [-0.15, -0.1) is 0 Å². The molecule has 1 N–H and O–H groups in total. The zero-order chi connectivity index (χ0) is 14.5. The molecule has 2 rings (SSSR count). The second kappa shape index (κ2) is 6.81. The minimum Gasteiger partial charge on any atom is -0.394 e. The van der Waals surface area contributed by atoms with Crippen molar-refractivity contribution in [3.63, 3.8) is 0 Å². The smallest absolute Gasteiger partial charge is 0.253 e. The SMILES string of the molecule is Cc1ccc(C(=O)N2CCC(OCCO)CC2)cc1F. The highest BCUT2D eigenvalue weighted by Gasteiger charge is 2.24. The molecular weight excluding hydrogens is 261 g/mol. The molecule has 0 radical (unpaired) electrons. The Bertz CT molecular complexity index is 470. The fourth-order valence-electron chi connectivity index (χ4n) is 2.35. The molecule has 1 fully saturated rings. The lowest BCUT2D eigenvalue weighted by Crippen LogP contribution is -2.41. The van der Waals surface area contributed by atoms with Gasteiger partial charge in [-0.05, 0) is 37.5 Å². The van der Waals surface area contributed by atoms with Crippen LogP contribution in [0.25, 0.3) is 0 Å². The molecule has 1 aromatic rings. The number of aliphatic hydroxyl groups excluding tert-OH is 1. The van der Waals surface area contributed by atoms with Crippen molar-refractivity contribution in [2.24, 2.45) is 0 Å². The third-order valence-corrected chi connectivity index (χ3v) is 3.59. The predicted molar refractivity (Wildman–Crippen MR) is 73.1 cm³/mol. The molecular formula is C15H20FNO3. The van der Waals surface area contributed by atoms with Gasteiger partial charge >= 0.3 is 0 Å². The van der Waals surface area contributed by atoms with Crippen molar-refractivity contribution in [2.45, 2.75) is 25.9 Å². The third-order valence-electron chi connectivity index (χ3n) is 3.59. The predicted octanol–water partition coefficient (Wildman–Crippen LogP) is 1.75. The summed E-state index contributed by atoms with van der Waals surface area (Å²) in [4.78, 5) is 14.0. The zero-order valence-electron chi connectivity index (χ0n) is 11.6. The summed E-state index contributed by atoms with van der Waals surface area (Å²) in [5.41, 5.74) is 0.931. The van der Waals surface area contributed by atoms with Crippen LogP contribution in [0.1, 0.15) is 28.8 Å². The lowest BCUT2D eigenvalue weighted by Gasteiger charge is -2.32. The number of aryl methyl sites for hydroxylation is 1. The maximum Gasteiger partial charge on any atom is 0.253 e. The van der Waals surface area contributed by atoms with Crippen molar-refractivity contribution < 1.29 is 19.0 Å². The highest BCUT2D eigenvalue weighted by atomic mass is 19.1. The van der Waals surface area contributed by atoms with Crippen LogP contribution < -0.4 is 0 Å². The quantitative estimate of drug-likeness (QED) is 0.914. The largest absolute Gasteiger partial charge is 0.394 e. The molecule has 1 aromatic carbocycles. The Morgan fingerprint density at radius 2 is 2.15 bits per heavy atom. The second-order valence-corrected chi connectivity index (χ2v) is 5.05. The van der Waals surface area contributed by atoms with E-state index >= 15 is 0 Å². The normalized spacial score (nSPS) is 16.4. The molecule has 1 saturated heterocycles. The van der Waals surface area contributed by atoms with E-state index in [9.17, 15) is 9.18 Å². The second-order valence-electron chi connectivity index (χ2n) is 5.05. The standard InChI is InChI=1S/C15H20FNO3/c1-11-2-3-12(10-14(11)16)15(19)17-6-4-13(5-7-17)20-9-8-18/h2-3,10,13,18H,4-9H2,1H3. The van der Waals surface area contributed by atoms with Gasteiger partial charge in [-0.25, -0.2) is 4.39 Å². The van der Waals surface area contributed by atoms with E-state index in [1.807, 2.05) is 0 Å². The molecule has 20 heavy (non-hydrogen) atoms. The topological polar surface area (TPSA) is 49.8 Å². The lowest BCUT2D eigenvalue weighted by molar-refractivity contribution is -0.00555. The van der Waals surface area contributed by atoms with Crippen molar-refractivity contribution in [3.8, 4) is 0 Å². The highest BCUT2D eigenvalue weighted by Crippen LogP contribution is 2.17. The van der Waals surface area contributed by atoms with Crippen LogP contribution in [0.15, 0.2) is 18.2 Å². The molecule has 4 nitrogen and oxygen atoms in total. The number of likely N-dealkylation sites (tertiary alicyclic amines) is 1. The Labute approximate surface area is 118 Å². The van der Waals surface area contributed by atoms with Crippen molar-refractivity contribution in [1.82, 2.24) is 4.90 Å². The van der Waals surface area contributed by atoms with Gasteiger partial charge < -0.3 is 14.7 Å². The molecule has 1 aliphatic rings. The number of benzene rings is 1. The summed E-state index contributed by atoms with van der Waals surface area (Å²) in [6.45, 7) is 3.23. The monoisotopic (exact) mass is 281 g/mol. The maximum absolute atomic E-state index is 13.5. The van der Waals surface area contributed by atoms with Gasteiger partial charge in [0, 0.05) is 18.7 Å². The summed E-state index contributed by atoms with van der Waals surface area (Å²) in [6.07, 6.45) is 1.60. The van der Waals surface area contributed by atoms with Gasteiger partial charge in [0.15, 0.2) is 0 Å². The summed E-state index contributed by atoms with van der Waals surface area (Å²) < 4.78 is 18.9. The van der Waals surface area contributed by atoms with Crippen molar-refractivity contribution in [1.29, 1.82) is 0 Å². The van der Waals surface area contributed by atoms with Crippen LogP contribution in [0.3, 0.4) is 0 Å². The number of carbonyl (C=O) groups is 1. The first-order valence-electron chi connectivity index (χ1n) is 6.89. The lowest BCUT2D eigenvalue weighted by atomic mass is 10.1. The Kier molecular flexibility index (Phi) is 5.09. The number of amides is 1. The van der Waals surface area contributed by atoms with Gasteiger partial charge in [0.25, 0.3) is 5.91 Å². The van der Waals surface area contributed by atoms with E-state index in [4.69, 9.17) is 9.84 Å². The Morgan fingerprint density at radius 3 is 2.75 bits per heavy atom. The molecule has 0 atom stereocenters. The molecule has 0 unspecified atom stereocenters. The van der Waals surface area contributed by atoms with E-state index in [0.29, 0.717) is 30.8 Å². The van der Waals surface area contributed by atoms with Gasteiger partial charge in [0.2, 0.25) is 0 Å². The van der Waals surface area contributed by atoms with Gasteiger partial charge in [0.1, 0.15) is 5.82 Å². The molecule has 1 heterocycles. The van der Waals surface area contributed by atoms with Gasteiger partial charge in [-0.2, -0.15) is 0 Å². The van der Waals surface area contributed by atoms with E-state index in [-0.39, 0.29) is 24.4 Å². The average molecular weight is 281 g/mol. The number of aliphatic hydroxyl groups is 1. The fourth-order valence-corrected chi connectivity index (χ4v) is 2.35. The Hall–Kier alpha value is -1.46. The summed E-state index contributed by atoms with van der Waals surface area (Å²) in [5, 5.41) is 8.71. The molecule has 0 spiro atoms. The van der Waals surface area contributed by atoms with Crippen LogP contribution in [-0.4, -0.2) is 48.3 Å². The Balaban J connectivity index is 1.92. The van der Waals surface area contributed by atoms with Crippen LogP contribution in [-0.2, 0) is 4.74 Å². The minimum absolute atomic E-state index is 0.0157. The molecule has 1 aliphatic heterocycles. The van der Waals surface area contributed by atoms with Crippen LogP contribution in [0.4, 0.5) is 4.39 Å². The van der Waals surface area contributed by atoms with Gasteiger partial charge in [-0.1, -0.05) is 6.07 Å². The van der Waals surface area contributed by atoms with Crippen LogP contribution in [0, 0.1) is 12.7 Å². The number of piperidine rings is 1. The summed E-state index contributed by atoms with van der Waals surface area (Å²) >= 11 is 0. The minimum atomic E-state index is -0.350. The van der Waals surface area contributed by atoms with E-state index in [2.05, 4.69) is 0 Å². The van der Waals surface area contributed by atoms with E-state index in [0.717, 1.165) is 12.8 Å². The van der Waals surface area contributed by atoms with Crippen LogP contribution in [0.2, 0.25) is 0 Å². The number of carbonyl (C=O) groups excluding carboxylic acids is 1. The zero-order valence-corrected chi connectivity index (χ0v) is 11.6. The van der Waals surface area contributed by atoms with Crippen LogP contribution >= 0.6 is 0 Å². The average Bonchev–Trinajstić information content (AvgIpc) is 2.48. The molecule has 0 aliphatic carbocycles. The first-order chi connectivity index (χ1) is 9.61. The van der Waals surface area contributed by atoms with Gasteiger partial charge in [-0.3, -0.25) is 4.79 Å². The molecule has 5 heteroatoms. The summed E-state index contributed by atoms with van der Waals surface area (Å²) in [5.74, 6) is -0.485. The first-order valence-corrected chi connectivity index (χ1v) is 6.89.